The Morgan fingerprint density at radius 3 is 2.35 bits per heavy atom. The lowest BCUT2D eigenvalue weighted by Gasteiger charge is -2.11. The molecule has 40 heavy (non-hydrogen) atoms. The number of hydrogen-bond acceptors (Lipinski definition) is 9. The van der Waals surface area contributed by atoms with Crippen LogP contribution in [0.1, 0.15) is 60.8 Å². The fraction of sp³-hybridized carbons (Fsp3) is 0.286. The Labute approximate surface area is 232 Å². The minimum atomic E-state index is -1.05. The van der Waals surface area contributed by atoms with Crippen LogP contribution in [0.25, 0.3) is 21.9 Å². The number of anilines is 1. The Bertz CT molecular complexity index is 1580. The zero-order valence-electron chi connectivity index (χ0n) is 22.2. The molecule has 0 aliphatic heterocycles. The number of aryl methyl sites for hydroxylation is 2. The minimum absolute atomic E-state index is 0. The minimum Gasteiger partial charge on any atom is -0.476 e. The molecule has 0 aliphatic rings. The molecule has 12 heteroatoms. The molecule has 1 aromatic carbocycles. The number of pyridine rings is 1. The number of unbranched alkanes of at least 4 members (excludes halogenated alkanes) is 2. The van der Waals surface area contributed by atoms with Crippen molar-refractivity contribution in [3.63, 3.8) is 0 Å². The second-order valence-electron chi connectivity index (χ2n) is 8.94. The van der Waals surface area contributed by atoms with Gasteiger partial charge in [-0.25, -0.2) is 24.7 Å². The number of hydrogen-bond donors (Lipinski definition) is 3. The summed E-state index contributed by atoms with van der Waals surface area (Å²) in [7, 11) is 0. The highest BCUT2D eigenvalue weighted by molar-refractivity contribution is 6.06. The maximum atomic E-state index is 12.1. The molecule has 0 atom stereocenters. The molecule has 5 aromatic rings. The summed E-state index contributed by atoms with van der Waals surface area (Å²) >= 11 is 0. The van der Waals surface area contributed by atoms with Crippen molar-refractivity contribution in [2.24, 2.45) is 0 Å². The van der Waals surface area contributed by atoms with Crippen molar-refractivity contribution in [2.75, 3.05) is 12.3 Å². The van der Waals surface area contributed by atoms with Crippen molar-refractivity contribution in [3.05, 3.63) is 78.7 Å². The normalized spacial score (nSPS) is 10.7. The number of aromatic carboxylic acids is 1. The molecule has 0 bridgehead atoms. The van der Waals surface area contributed by atoms with Gasteiger partial charge in [0.2, 0.25) is 0 Å². The summed E-state index contributed by atoms with van der Waals surface area (Å²) in [5.74, 6) is 0.268. The molecular weight excluding hydrogens is 510 g/mol. The van der Waals surface area contributed by atoms with Crippen molar-refractivity contribution < 1.29 is 16.1 Å². The molecule has 0 aliphatic carbocycles. The predicted octanol–water partition coefficient (Wildman–Crippen LogP) is 3.93. The van der Waals surface area contributed by atoms with Crippen LogP contribution in [0, 0.1) is 0 Å². The van der Waals surface area contributed by atoms with Crippen molar-refractivity contribution in [1.82, 2.24) is 39.8 Å². The van der Waals surface area contributed by atoms with Gasteiger partial charge < -0.3 is 20.7 Å². The van der Waals surface area contributed by atoms with Crippen LogP contribution in [-0.4, -0.2) is 58.0 Å². The highest BCUT2D eigenvalue weighted by Crippen LogP contribution is 2.29. The molecule has 4 N–H and O–H groups in total. The number of carbonyl (C=O) groups is 2. The first-order valence-electron chi connectivity index (χ1n) is 13.1. The maximum Gasteiger partial charge on any atom is 0.356 e. The van der Waals surface area contributed by atoms with Gasteiger partial charge in [0.1, 0.15) is 17.0 Å². The number of carbonyl (C=O) groups excluding carboxylic acids is 1. The number of rotatable bonds is 10. The molecule has 5 rings (SSSR count). The highest BCUT2D eigenvalue weighted by atomic mass is 16.4. The van der Waals surface area contributed by atoms with Crippen LogP contribution in [-0.2, 0) is 13.0 Å². The lowest BCUT2D eigenvalue weighted by atomic mass is 10.2. The first-order chi connectivity index (χ1) is 19.5. The second kappa shape index (κ2) is 13.7. The first kappa shape index (κ1) is 28.0. The van der Waals surface area contributed by atoms with E-state index in [1.165, 1.54) is 31.0 Å². The third-order valence-electron chi connectivity index (χ3n) is 6.12. The van der Waals surface area contributed by atoms with E-state index in [1.54, 1.807) is 6.20 Å². The van der Waals surface area contributed by atoms with Crippen LogP contribution in [0.3, 0.4) is 0 Å². The van der Waals surface area contributed by atoms with Crippen molar-refractivity contribution in [2.45, 2.75) is 45.6 Å². The number of nitrogen functional groups attached to an aromatic ring is 1. The number of nitrogens with one attached hydrogen (secondary N) is 1. The number of nitrogens with two attached hydrogens (primary N) is 1. The van der Waals surface area contributed by atoms with E-state index in [0.717, 1.165) is 66.4 Å². The summed E-state index contributed by atoms with van der Waals surface area (Å²) in [5.41, 5.74) is 9.27. The number of amides is 1. The van der Waals surface area contributed by atoms with Gasteiger partial charge in [0.25, 0.3) is 5.91 Å². The summed E-state index contributed by atoms with van der Waals surface area (Å²) < 4.78 is 2.29. The summed E-state index contributed by atoms with van der Waals surface area (Å²) in [5, 5.41) is 12.3. The number of benzene rings is 1. The smallest absolute Gasteiger partial charge is 0.356 e. The fourth-order valence-electron chi connectivity index (χ4n) is 4.18. The third kappa shape index (κ3) is 6.90. The van der Waals surface area contributed by atoms with E-state index in [0.29, 0.717) is 18.1 Å². The SMILES string of the molecule is CCCCc1nc2c(N)nc3ccccc3c2n1CCCCNC(=O)c1cnccn1.O=C(O)c1cnccn1.[2HH]. The maximum absolute atomic E-state index is 12.1. The fourth-order valence-corrected chi connectivity index (χ4v) is 4.18. The van der Waals surface area contributed by atoms with Gasteiger partial charge in [-0.1, -0.05) is 31.5 Å². The Morgan fingerprint density at radius 2 is 1.70 bits per heavy atom. The van der Waals surface area contributed by atoms with Gasteiger partial charge in [0.15, 0.2) is 11.5 Å². The zero-order valence-corrected chi connectivity index (χ0v) is 22.2. The Hall–Kier alpha value is -5.00. The van der Waals surface area contributed by atoms with Crippen LogP contribution in [0.4, 0.5) is 5.82 Å². The number of carboxylic acid groups (broad SMARTS) is 1. The Kier molecular flexibility index (Phi) is 9.59. The summed E-state index contributed by atoms with van der Waals surface area (Å²) in [6.45, 7) is 3.57. The van der Waals surface area contributed by atoms with Gasteiger partial charge in [-0.05, 0) is 25.3 Å². The average Bonchev–Trinajstić information content (AvgIpc) is 3.36. The van der Waals surface area contributed by atoms with Gasteiger partial charge in [0.05, 0.1) is 23.4 Å². The quantitative estimate of drug-likeness (QED) is 0.218. The van der Waals surface area contributed by atoms with Crippen LogP contribution in [0.5, 0.6) is 0 Å². The molecular formula is C28H33N9O3. The standard InChI is InChI=1S/C23H27N7O.C5H4N2O2.H2/c1-2-3-10-19-29-20-21(16-8-4-5-9-17(16)28-22(20)24)30(19)14-7-6-11-27-23(31)18-15-25-12-13-26-18;8-5(9)4-3-6-1-2-7-4;/h4-5,8-9,12-13,15H,2-3,6-7,10-11,14H2,1H3,(H2,24,28)(H,27,31);1-3H,(H,8,9);1H/i;;1+1. The molecule has 0 spiro atoms. The molecule has 1 amide bonds. The lowest BCUT2D eigenvalue weighted by Crippen LogP contribution is -2.25. The Balaban J connectivity index is 0.000000396. The number of para-hydroxylation sites is 1. The molecule has 0 fully saturated rings. The molecule has 12 nitrogen and oxygen atoms in total. The number of imidazole rings is 1. The van der Waals surface area contributed by atoms with Crippen LogP contribution < -0.4 is 11.1 Å². The van der Waals surface area contributed by atoms with E-state index in [1.807, 2.05) is 18.2 Å². The van der Waals surface area contributed by atoms with Gasteiger partial charge in [-0.2, -0.15) is 0 Å². The zero-order chi connectivity index (χ0) is 28.3. The van der Waals surface area contributed by atoms with E-state index in [9.17, 15) is 9.59 Å². The lowest BCUT2D eigenvalue weighted by molar-refractivity contribution is 0.0689. The summed E-state index contributed by atoms with van der Waals surface area (Å²) in [6.07, 6.45) is 13.3. The summed E-state index contributed by atoms with van der Waals surface area (Å²) in [6, 6.07) is 8.05. The molecule has 4 aromatic heterocycles. The van der Waals surface area contributed by atoms with Crippen LogP contribution >= 0.6 is 0 Å². The molecule has 0 saturated heterocycles. The topological polar surface area (TPSA) is 175 Å². The predicted molar refractivity (Wildman–Crippen MR) is 153 cm³/mol. The number of carboxylic acids is 1. The van der Waals surface area contributed by atoms with Crippen molar-refractivity contribution >= 4 is 39.6 Å². The molecule has 208 valence electrons. The van der Waals surface area contributed by atoms with Crippen molar-refractivity contribution in [3.8, 4) is 0 Å². The van der Waals surface area contributed by atoms with E-state index in [4.69, 9.17) is 15.8 Å². The van der Waals surface area contributed by atoms with Gasteiger partial charge in [0, 0.05) is 51.1 Å². The second-order valence-corrected chi connectivity index (χ2v) is 8.94. The third-order valence-corrected chi connectivity index (χ3v) is 6.12. The monoisotopic (exact) mass is 544 g/mol. The molecule has 0 unspecified atom stereocenters. The average molecular weight is 545 g/mol. The van der Waals surface area contributed by atoms with Crippen LogP contribution in [0.15, 0.2) is 61.4 Å². The molecule has 0 saturated carbocycles. The first-order valence-corrected chi connectivity index (χ1v) is 13.1. The van der Waals surface area contributed by atoms with E-state index < -0.39 is 5.97 Å². The van der Waals surface area contributed by atoms with E-state index >= 15 is 0 Å². The number of nitrogens with zero attached hydrogens (tertiary/aromatic N) is 7. The highest BCUT2D eigenvalue weighted by Gasteiger charge is 2.17. The van der Waals surface area contributed by atoms with Gasteiger partial charge in [-0.15, -0.1) is 0 Å². The largest absolute Gasteiger partial charge is 0.476 e. The van der Waals surface area contributed by atoms with Gasteiger partial charge >= 0.3 is 5.97 Å². The molecule has 0 radical (unpaired) electrons. The van der Waals surface area contributed by atoms with Crippen LogP contribution in [0.2, 0.25) is 0 Å². The Morgan fingerprint density at radius 1 is 0.975 bits per heavy atom. The van der Waals surface area contributed by atoms with Gasteiger partial charge in [-0.3, -0.25) is 14.8 Å². The van der Waals surface area contributed by atoms with Crippen molar-refractivity contribution in [1.29, 1.82) is 0 Å². The number of fused-ring (bicyclic) bond motifs is 3. The number of aromatic nitrogens is 7. The van der Waals surface area contributed by atoms with E-state index in [2.05, 4.69) is 47.8 Å². The van der Waals surface area contributed by atoms with E-state index in [-0.39, 0.29) is 13.0 Å². The molecule has 4 heterocycles. The summed E-state index contributed by atoms with van der Waals surface area (Å²) in [4.78, 5) is 46.6.